The molecular weight excluding hydrogens is 272 g/mol. The molecule has 0 aromatic heterocycles. The monoisotopic (exact) mass is 296 g/mol. The van der Waals surface area contributed by atoms with Gasteiger partial charge in [0.05, 0.1) is 0 Å². The number of carbonyl (C=O) groups excluding carboxylic acids is 1. The van der Waals surface area contributed by atoms with Crippen LogP contribution < -0.4 is 0 Å². The second-order valence-corrected chi connectivity index (χ2v) is 5.72. The first kappa shape index (κ1) is 15.8. The van der Waals surface area contributed by atoms with Crippen molar-refractivity contribution in [3.8, 4) is 0 Å². The average Bonchev–Trinajstić information content (AvgIpc) is 2.99. The molecule has 6 heteroatoms. The zero-order chi connectivity index (χ0) is 15.2. The smallest absolute Gasteiger partial charge is 0.410 e. The first-order valence-corrected chi connectivity index (χ1v) is 7.63. The average molecular weight is 296 g/mol. The first-order chi connectivity index (χ1) is 10.1. The molecule has 0 spiro atoms. The molecule has 1 amide bonds. The number of ether oxygens (including phenoxy) is 1. The molecule has 0 aromatic carbocycles. The Hall–Kier alpha value is -1.56. The van der Waals surface area contributed by atoms with E-state index in [2.05, 4.69) is 6.58 Å². The van der Waals surface area contributed by atoms with Gasteiger partial charge < -0.3 is 14.7 Å². The number of amides is 1. The first-order valence-electron chi connectivity index (χ1n) is 7.63. The van der Waals surface area contributed by atoms with Crippen molar-refractivity contribution in [2.24, 2.45) is 5.92 Å². The molecule has 2 aliphatic rings. The van der Waals surface area contributed by atoms with Gasteiger partial charge in [-0.15, -0.1) is 0 Å². The molecule has 21 heavy (non-hydrogen) atoms. The highest BCUT2D eigenvalue weighted by molar-refractivity contribution is 5.74. The van der Waals surface area contributed by atoms with E-state index < -0.39 is 12.0 Å². The minimum Gasteiger partial charge on any atom is -0.480 e. The molecule has 118 valence electrons. The molecule has 1 saturated heterocycles. The van der Waals surface area contributed by atoms with Crippen molar-refractivity contribution in [2.75, 3.05) is 32.8 Å². The van der Waals surface area contributed by atoms with E-state index in [1.165, 1.54) is 6.08 Å². The van der Waals surface area contributed by atoms with Gasteiger partial charge in [-0.2, -0.15) is 0 Å². The lowest BCUT2D eigenvalue weighted by molar-refractivity contribution is -0.146. The van der Waals surface area contributed by atoms with Gasteiger partial charge in [0.2, 0.25) is 0 Å². The van der Waals surface area contributed by atoms with Gasteiger partial charge in [-0.1, -0.05) is 25.5 Å². The van der Waals surface area contributed by atoms with E-state index in [-0.39, 0.29) is 18.6 Å². The third kappa shape index (κ3) is 3.97. The summed E-state index contributed by atoms with van der Waals surface area (Å²) in [6, 6.07) is -0.404. The van der Waals surface area contributed by atoms with Crippen LogP contribution in [0.2, 0.25) is 0 Å². The Morgan fingerprint density at radius 1 is 1.24 bits per heavy atom. The highest BCUT2D eigenvalue weighted by Gasteiger charge is 2.37. The van der Waals surface area contributed by atoms with Crippen molar-refractivity contribution >= 4 is 12.1 Å². The summed E-state index contributed by atoms with van der Waals surface area (Å²) in [5.74, 6) is -0.480. The SMILES string of the molecule is C=CCOC(=O)N1CCN(C(C(=O)O)C2CCCC2)CC1. The predicted octanol–water partition coefficient (Wildman–Crippen LogP) is 1.57. The molecule has 1 heterocycles. The van der Waals surface area contributed by atoms with E-state index in [9.17, 15) is 14.7 Å². The largest absolute Gasteiger partial charge is 0.480 e. The maximum Gasteiger partial charge on any atom is 0.410 e. The van der Waals surface area contributed by atoms with E-state index in [0.717, 1.165) is 25.7 Å². The number of carbonyl (C=O) groups is 2. The molecule has 0 radical (unpaired) electrons. The Kier molecular flexibility index (Phi) is 5.61. The van der Waals surface area contributed by atoms with Gasteiger partial charge in [-0.05, 0) is 18.8 Å². The van der Waals surface area contributed by atoms with Crippen LogP contribution >= 0.6 is 0 Å². The van der Waals surface area contributed by atoms with Crippen LogP contribution in [-0.2, 0) is 9.53 Å². The summed E-state index contributed by atoms with van der Waals surface area (Å²) >= 11 is 0. The second-order valence-electron chi connectivity index (χ2n) is 5.72. The molecule has 1 aliphatic heterocycles. The van der Waals surface area contributed by atoms with E-state index in [4.69, 9.17) is 4.74 Å². The zero-order valence-electron chi connectivity index (χ0n) is 12.4. The molecule has 2 rings (SSSR count). The third-order valence-corrected chi connectivity index (χ3v) is 4.39. The predicted molar refractivity (Wildman–Crippen MR) is 78.1 cm³/mol. The number of carboxylic acid groups (broad SMARTS) is 1. The molecule has 1 N–H and O–H groups in total. The third-order valence-electron chi connectivity index (χ3n) is 4.39. The van der Waals surface area contributed by atoms with Crippen LogP contribution in [0.25, 0.3) is 0 Å². The quantitative estimate of drug-likeness (QED) is 0.780. The molecule has 0 bridgehead atoms. The highest BCUT2D eigenvalue weighted by Crippen LogP contribution is 2.31. The maximum atomic E-state index is 11.7. The number of nitrogens with zero attached hydrogens (tertiary/aromatic N) is 2. The summed E-state index contributed by atoms with van der Waals surface area (Å²) in [6.45, 7) is 5.94. The van der Waals surface area contributed by atoms with Crippen LogP contribution in [0, 0.1) is 5.92 Å². The Labute approximate surface area is 125 Å². The van der Waals surface area contributed by atoms with Crippen molar-refractivity contribution in [3.63, 3.8) is 0 Å². The molecule has 1 aliphatic carbocycles. The van der Waals surface area contributed by atoms with E-state index in [0.29, 0.717) is 26.2 Å². The summed E-state index contributed by atoms with van der Waals surface area (Å²) in [5, 5.41) is 9.52. The van der Waals surface area contributed by atoms with Crippen LogP contribution in [0.4, 0.5) is 4.79 Å². The van der Waals surface area contributed by atoms with Crippen molar-refractivity contribution < 1.29 is 19.4 Å². The minimum atomic E-state index is -0.732. The van der Waals surface area contributed by atoms with Gasteiger partial charge in [-0.25, -0.2) is 4.79 Å². The van der Waals surface area contributed by atoms with E-state index in [1.54, 1.807) is 4.90 Å². The lowest BCUT2D eigenvalue weighted by atomic mass is 9.96. The van der Waals surface area contributed by atoms with Gasteiger partial charge in [0.15, 0.2) is 0 Å². The fraction of sp³-hybridized carbons (Fsp3) is 0.733. The molecule has 1 unspecified atom stereocenters. The maximum absolute atomic E-state index is 11.7. The summed E-state index contributed by atoms with van der Waals surface area (Å²) in [7, 11) is 0. The van der Waals surface area contributed by atoms with Crippen LogP contribution in [0.15, 0.2) is 12.7 Å². The van der Waals surface area contributed by atoms with Gasteiger partial charge in [0.1, 0.15) is 12.6 Å². The van der Waals surface area contributed by atoms with Gasteiger partial charge in [0, 0.05) is 26.2 Å². The molecular formula is C15H24N2O4. The van der Waals surface area contributed by atoms with Gasteiger partial charge >= 0.3 is 12.1 Å². The standard InChI is InChI=1S/C15H24N2O4/c1-2-11-21-15(20)17-9-7-16(8-10-17)13(14(18)19)12-5-3-4-6-12/h2,12-13H,1,3-11H2,(H,18,19). The number of aliphatic carboxylic acids is 1. The Morgan fingerprint density at radius 3 is 2.38 bits per heavy atom. The summed E-state index contributed by atoms with van der Waals surface area (Å²) < 4.78 is 5.01. The van der Waals surface area contributed by atoms with Crippen molar-refractivity contribution in [1.29, 1.82) is 0 Å². The highest BCUT2D eigenvalue weighted by atomic mass is 16.6. The minimum absolute atomic E-state index is 0.207. The van der Waals surface area contributed by atoms with Crippen LogP contribution in [0.3, 0.4) is 0 Å². The lowest BCUT2D eigenvalue weighted by Gasteiger charge is -2.39. The summed E-state index contributed by atoms with van der Waals surface area (Å²) in [4.78, 5) is 27.0. The second kappa shape index (κ2) is 7.45. The molecule has 1 saturated carbocycles. The van der Waals surface area contributed by atoms with Crippen LogP contribution in [-0.4, -0.2) is 65.8 Å². The fourth-order valence-electron chi connectivity index (χ4n) is 3.33. The van der Waals surface area contributed by atoms with Crippen LogP contribution in [0.1, 0.15) is 25.7 Å². The summed E-state index contributed by atoms with van der Waals surface area (Å²) in [6.07, 6.45) is 5.44. The Morgan fingerprint density at radius 2 is 1.86 bits per heavy atom. The number of carboxylic acids is 1. The van der Waals surface area contributed by atoms with E-state index >= 15 is 0 Å². The topological polar surface area (TPSA) is 70.1 Å². The number of hydrogen-bond donors (Lipinski definition) is 1. The normalized spacial score (nSPS) is 22.0. The van der Waals surface area contributed by atoms with Crippen molar-refractivity contribution in [1.82, 2.24) is 9.80 Å². The van der Waals surface area contributed by atoms with Crippen molar-refractivity contribution in [2.45, 2.75) is 31.7 Å². The molecule has 2 fully saturated rings. The number of rotatable bonds is 5. The lowest BCUT2D eigenvalue weighted by Crippen LogP contribution is -2.55. The van der Waals surface area contributed by atoms with E-state index in [1.807, 2.05) is 4.90 Å². The van der Waals surface area contributed by atoms with Crippen molar-refractivity contribution in [3.05, 3.63) is 12.7 Å². The van der Waals surface area contributed by atoms with Gasteiger partial charge in [-0.3, -0.25) is 9.69 Å². The zero-order valence-corrected chi connectivity index (χ0v) is 12.4. The number of hydrogen-bond acceptors (Lipinski definition) is 4. The Bertz CT molecular complexity index is 385. The fourth-order valence-corrected chi connectivity index (χ4v) is 3.33. The Balaban J connectivity index is 1.87. The molecule has 0 aromatic rings. The van der Waals surface area contributed by atoms with Gasteiger partial charge in [0.25, 0.3) is 0 Å². The molecule has 1 atom stereocenters. The van der Waals surface area contributed by atoms with Crippen LogP contribution in [0.5, 0.6) is 0 Å². The number of piperazine rings is 1. The molecule has 6 nitrogen and oxygen atoms in total. The summed E-state index contributed by atoms with van der Waals surface area (Å²) in [5.41, 5.74) is 0.